The first-order valence-electron chi connectivity index (χ1n) is 4.85. The molecule has 0 bridgehead atoms. The van der Waals surface area contributed by atoms with Crippen LogP contribution in [0.25, 0.3) is 0 Å². The Morgan fingerprint density at radius 3 is 2.64 bits per heavy atom. The molecule has 3 heteroatoms. The third-order valence-electron chi connectivity index (χ3n) is 2.46. The van der Waals surface area contributed by atoms with Crippen LogP contribution in [-0.4, -0.2) is 31.1 Å². The molecule has 0 radical (unpaired) electrons. The van der Waals surface area contributed by atoms with E-state index in [0.717, 1.165) is 29.7 Å². The summed E-state index contributed by atoms with van der Waals surface area (Å²) in [6.07, 6.45) is 1.49. The van der Waals surface area contributed by atoms with Crippen molar-refractivity contribution in [1.82, 2.24) is 4.90 Å². The standard InChI is InChI=1S/C11H14BrNO/c1-13-7-6-11(8-13)14-10-4-2-9(12)3-5-10/h2-5,11H,6-8H2,1H3. The quantitative estimate of drug-likeness (QED) is 0.806. The third kappa shape index (κ3) is 2.49. The van der Waals surface area contributed by atoms with Crippen LogP contribution in [0.4, 0.5) is 0 Å². The van der Waals surface area contributed by atoms with Crippen LogP contribution >= 0.6 is 15.9 Å². The molecule has 1 aromatic carbocycles. The van der Waals surface area contributed by atoms with Crippen LogP contribution in [0, 0.1) is 0 Å². The molecule has 1 aliphatic heterocycles. The largest absolute Gasteiger partial charge is 0.489 e. The Balaban J connectivity index is 1.94. The van der Waals surface area contributed by atoms with Crippen LogP contribution in [-0.2, 0) is 0 Å². The number of nitrogens with zero attached hydrogens (tertiary/aromatic N) is 1. The molecule has 1 saturated heterocycles. The van der Waals surface area contributed by atoms with Crippen molar-refractivity contribution in [2.24, 2.45) is 0 Å². The number of likely N-dealkylation sites (tertiary alicyclic amines) is 1. The number of hydrogen-bond acceptors (Lipinski definition) is 2. The minimum Gasteiger partial charge on any atom is -0.489 e. The van der Waals surface area contributed by atoms with Crippen LogP contribution in [0.2, 0.25) is 0 Å². The van der Waals surface area contributed by atoms with E-state index in [1.54, 1.807) is 0 Å². The zero-order valence-corrected chi connectivity index (χ0v) is 9.83. The van der Waals surface area contributed by atoms with Crippen molar-refractivity contribution < 1.29 is 4.74 Å². The lowest BCUT2D eigenvalue weighted by atomic mass is 10.3. The molecular weight excluding hydrogens is 242 g/mol. The first-order chi connectivity index (χ1) is 6.74. The molecule has 0 amide bonds. The number of likely N-dealkylation sites (N-methyl/N-ethyl adjacent to an activating group) is 1. The van der Waals surface area contributed by atoms with Crippen molar-refractivity contribution in [2.75, 3.05) is 20.1 Å². The van der Waals surface area contributed by atoms with Gasteiger partial charge in [-0.15, -0.1) is 0 Å². The molecule has 1 aliphatic rings. The number of halogens is 1. The minimum absolute atomic E-state index is 0.362. The molecule has 1 atom stereocenters. The number of benzene rings is 1. The van der Waals surface area contributed by atoms with Gasteiger partial charge in [0.1, 0.15) is 11.9 Å². The van der Waals surface area contributed by atoms with E-state index < -0.39 is 0 Å². The number of ether oxygens (including phenoxy) is 1. The molecular formula is C11H14BrNO. The molecule has 2 nitrogen and oxygen atoms in total. The number of hydrogen-bond donors (Lipinski definition) is 0. The van der Waals surface area contributed by atoms with Gasteiger partial charge in [-0.1, -0.05) is 15.9 Å². The van der Waals surface area contributed by atoms with Gasteiger partial charge in [0.25, 0.3) is 0 Å². The fourth-order valence-electron chi connectivity index (χ4n) is 1.70. The predicted molar refractivity (Wildman–Crippen MR) is 60.7 cm³/mol. The predicted octanol–water partition coefficient (Wildman–Crippen LogP) is 2.53. The van der Waals surface area contributed by atoms with E-state index in [1.807, 2.05) is 24.3 Å². The Morgan fingerprint density at radius 1 is 1.36 bits per heavy atom. The highest BCUT2D eigenvalue weighted by molar-refractivity contribution is 9.10. The van der Waals surface area contributed by atoms with E-state index in [4.69, 9.17) is 4.74 Å². The smallest absolute Gasteiger partial charge is 0.119 e. The van der Waals surface area contributed by atoms with Gasteiger partial charge in [-0.25, -0.2) is 0 Å². The Kier molecular flexibility index (Phi) is 3.08. The van der Waals surface area contributed by atoms with E-state index in [1.165, 1.54) is 0 Å². The summed E-state index contributed by atoms with van der Waals surface area (Å²) in [5.74, 6) is 0.966. The summed E-state index contributed by atoms with van der Waals surface area (Å²) in [6.45, 7) is 2.18. The van der Waals surface area contributed by atoms with Gasteiger partial charge < -0.3 is 9.64 Å². The highest BCUT2D eigenvalue weighted by Gasteiger charge is 2.20. The van der Waals surface area contributed by atoms with Crippen LogP contribution in [0.15, 0.2) is 28.7 Å². The summed E-state index contributed by atoms with van der Waals surface area (Å²) in [7, 11) is 2.13. The van der Waals surface area contributed by atoms with Crippen molar-refractivity contribution in [2.45, 2.75) is 12.5 Å². The molecule has 0 spiro atoms. The Morgan fingerprint density at radius 2 is 2.07 bits per heavy atom. The van der Waals surface area contributed by atoms with Crippen LogP contribution in [0.1, 0.15) is 6.42 Å². The van der Waals surface area contributed by atoms with E-state index in [2.05, 4.69) is 27.9 Å². The van der Waals surface area contributed by atoms with Gasteiger partial charge in [0, 0.05) is 17.6 Å². The van der Waals surface area contributed by atoms with Crippen molar-refractivity contribution >= 4 is 15.9 Å². The maximum atomic E-state index is 5.84. The fraction of sp³-hybridized carbons (Fsp3) is 0.455. The second-order valence-corrected chi connectivity index (χ2v) is 4.66. The van der Waals surface area contributed by atoms with Gasteiger partial charge in [-0.2, -0.15) is 0 Å². The lowest BCUT2D eigenvalue weighted by Crippen LogP contribution is -2.21. The molecule has 14 heavy (non-hydrogen) atoms. The summed E-state index contributed by atoms with van der Waals surface area (Å²) in [6, 6.07) is 8.02. The SMILES string of the molecule is CN1CCC(Oc2ccc(Br)cc2)C1. The first-order valence-corrected chi connectivity index (χ1v) is 5.64. The molecule has 1 aromatic rings. The highest BCUT2D eigenvalue weighted by Crippen LogP contribution is 2.20. The maximum Gasteiger partial charge on any atom is 0.119 e. The fourth-order valence-corrected chi connectivity index (χ4v) is 1.96. The zero-order valence-electron chi connectivity index (χ0n) is 8.24. The normalized spacial score (nSPS) is 22.6. The van der Waals surface area contributed by atoms with Crippen molar-refractivity contribution in [3.8, 4) is 5.75 Å². The van der Waals surface area contributed by atoms with E-state index in [-0.39, 0.29) is 0 Å². The molecule has 2 rings (SSSR count). The van der Waals surface area contributed by atoms with E-state index in [9.17, 15) is 0 Å². The van der Waals surface area contributed by atoms with Crippen molar-refractivity contribution in [3.05, 3.63) is 28.7 Å². The first kappa shape index (κ1) is 9.99. The lowest BCUT2D eigenvalue weighted by Gasteiger charge is -2.13. The molecule has 0 N–H and O–H groups in total. The van der Waals surface area contributed by atoms with E-state index >= 15 is 0 Å². The second kappa shape index (κ2) is 4.32. The molecule has 0 saturated carbocycles. The van der Waals surface area contributed by atoms with Crippen LogP contribution in [0.3, 0.4) is 0 Å². The minimum atomic E-state index is 0.362. The monoisotopic (exact) mass is 255 g/mol. The van der Waals surface area contributed by atoms with Gasteiger partial charge in [0.2, 0.25) is 0 Å². The average Bonchev–Trinajstić information content (AvgIpc) is 2.56. The summed E-state index contributed by atoms with van der Waals surface area (Å²) in [4.78, 5) is 2.30. The summed E-state index contributed by atoms with van der Waals surface area (Å²) < 4.78 is 6.93. The second-order valence-electron chi connectivity index (χ2n) is 3.74. The van der Waals surface area contributed by atoms with Gasteiger partial charge >= 0.3 is 0 Å². The molecule has 1 unspecified atom stereocenters. The molecule has 0 aliphatic carbocycles. The number of rotatable bonds is 2. The maximum absolute atomic E-state index is 5.84. The van der Waals surface area contributed by atoms with Gasteiger partial charge in [-0.05, 0) is 37.7 Å². The Hall–Kier alpha value is -0.540. The van der Waals surface area contributed by atoms with Crippen molar-refractivity contribution in [3.63, 3.8) is 0 Å². The molecule has 76 valence electrons. The van der Waals surface area contributed by atoms with Gasteiger partial charge in [0.05, 0.1) is 0 Å². The lowest BCUT2D eigenvalue weighted by molar-refractivity contribution is 0.208. The zero-order chi connectivity index (χ0) is 9.97. The van der Waals surface area contributed by atoms with E-state index in [0.29, 0.717) is 6.10 Å². The topological polar surface area (TPSA) is 12.5 Å². The Bertz CT molecular complexity index is 299. The average molecular weight is 256 g/mol. The molecule has 0 aromatic heterocycles. The molecule has 1 fully saturated rings. The third-order valence-corrected chi connectivity index (χ3v) is 2.99. The summed E-state index contributed by atoms with van der Waals surface area (Å²) >= 11 is 3.40. The van der Waals surface area contributed by atoms with Crippen LogP contribution in [0.5, 0.6) is 5.75 Å². The van der Waals surface area contributed by atoms with Crippen molar-refractivity contribution in [1.29, 1.82) is 0 Å². The highest BCUT2D eigenvalue weighted by atomic mass is 79.9. The van der Waals surface area contributed by atoms with Gasteiger partial charge in [-0.3, -0.25) is 0 Å². The van der Waals surface area contributed by atoms with Crippen LogP contribution < -0.4 is 4.74 Å². The summed E-state index contributed by atoms with van der Waals surface area (Å²) in [5, 5.41) is 0. The Labute approximate surface area is 93.0 Å². The molecule has 1 heterocycles. The summed E-state index contributed by atoms with van der Waals surface area (Å²) in [5.41, 5.74) is 0. The van der Waals surface area contributed by atoms with Gasteiger partial charge in [0.15, 0.2) is 0 Å².